The average Bonchev–Trinajstić information content (AvgIpc) is 2.18. The minimum absolute atomic E-state index is 0.0577. The van der Waals surface area contributed by atoms with Gasteiger partial charge in [-0.05, 0) is 17.5 Å². The zero-order chi connectivity index (χ0) is 13.8. The summed E-state index contributed by atoms with van der Waals surface area (Å²) in [7, 11) is 0. The third-order valence-electron chi connectivity index (χ3n) is 1.94. The number of para-hydroxylation sites is 2. The van der Waals surface area contributed by atoms with Crippen molar-refractivity contribution >= 4 is 22.9 Å². The van der Waals surface area contributed by atoms with Crippen LogP contribution in [0, 0.1) is 5.41 Å². The first-order chi connectivity index (χ1) is 8.28. The number of phenolic OH excluding ortho intramolecular Hbond substituents is 1. The maximum absolute atomic E-state index is 11.5. The number of hydrogen-bond donors (Lipinski definition) is 2. The predicted molar refractivity (Wildman–Crippen MR) is 70.0 cm³/mol. The molecule has 0 radical (unpaired) electrons. The van der Waals surface area contributed by atoms with Gasteiger partial charge in [-0.25, -0.2) is 0 Å². The summed E-state index contributed by atoms with van der Waals surface area (Å²) < 4.78 is 18.6. The molecule has 1 aromatic carbocycles. The van der Waals surface area contributed by atoms with Crippen molar-refractivity contribution in [3.05, 3.63) is 24.3 Å². The zero-order valence-corrected chi connectivity index (χ0v) is 11.4. The summed E-state index contributed by atoms with van der Waals surface area (Å²) in [5, 5.41) is 9.44. The molecule has 0 aliphatic carbocycles. The summed E-state index contributed by atoms with van der Waals surface area (Å²) >= 11 is -2.01. The number of rotatable bonds is 4. The highest BCUT2D eigenvalue weighted by Gasteiger charge is 2.19. The van der Waals surface area contributed by atoms with Gasteiger partial charge < -0.3 is 9.29 Å². The van der Waals surface area contributed by atoms with Gasteiger partial charge >= 0.3 is 17.2 Å². The van der Waals surface area contributed by atoms with E-state index in [9.17, 15) is 14.1 Å². The molecule has 6 heteroatoms. The van der Waals surface area contributed by atoms with Crippen molar-refractivity contribution in [2.75, 3.05) is 4.72 Å². The maximum Gasteiger partial charge on any atom is 0.322 e. The molecule has 0 spiro atoms. The highest BCUT2D eigenvalue weighted by Crippen LogP contribution is 2.23. The topological polar surface area (TPSA) is 75.6 Å². The van der Waals surface area contributed by atoms with Crippen molar-refractivity contribution in [1.29, 1.82) is 0 Å². The lowest BCUT2D eigenvalue weighted by molar-refractivity contribution is -0.135. The quantitative estimate of drug-likeness (QED) is 0.824. The molecule has 100 valence electrons. The number of phenols is 1. The molecular formula is C12H17NO4S. The Bertz CT molecular complexity index is 454. The molecule has 5 nitrogen and oxygen atoms in total. The minimum atomic E-state index is -2.01. The fraction of sp³-hybridized carbons (Fsp3) is 0.417. The van der Waals surface area contributed by atoms with Crippen LogP contribution in [0.3, 0.4) is 0 Å². The number of carbonyl (C=O) groups excluding carboxylic acids is 1. The maximum atomic E-state index is 11.5. The lowest BCUT2D eigenvalue weighted by Crippen LogP contribution is -2.19. The summed E-state index contributed by atoms with van der Waals surface area (Å²) in [4.78, 5) is 11.4. The molecule has 0 heterocycles. The molecule has 1 aromatic rings. The highest BCUT2D eigenvalue weighted by molar-refractivity contribution is 7.82. The average molecular weight is 271 g/mol. The second kappa shape index (κ2) is 5.86. The van der Waals surface area contributed by atoms with Gasteiger partial charge in [0.25, 0.3) is 0 Å². The normalized spacial score (nSPS) is 12.8. The van der Waals surface area contributed by atoms with Crippen LogP contribution in [-0.4, -0.2) is 15.3 Å². The third kappa shape index (κ3) is 5.18. The van der Waals surface area contributed by atoms with Crippen molar-refractivity contribution in [1.82, 2.24) is 0 Å². The Morgan fingerprint density at radius 3 is 2.56 bits per heavy atom. The van der Waals surface area contributed by atoms with E-state index in [1.54, 1.807) is 12.1 Å². The first-order valence-corrected chi connectivity index (χ1v) is 6.53. The van der Waals surface area contributed by atoms with Crippen molar-refractivity contribution in [3.8, 4) is 5.75 Å². The molecular weight excluding hydrogens is 254 g/mol. The van der Waals surface area contributed by atoms with Crippen molar-refractivity contribution < 1.29 is 18.3 Å². The van der Waals surface area contributed by atoms with E-state index >= 15 is 0 Å². The number of anilines is 1. The molecule has 1 rings (SSSR count). The van der Waals surface area contributed by atoms with E-state index < -0.39 is 17.2 Å². The van der Waals surface area contributed by atoms with E-state index in [0.29, 0.717) is 0 Å². The molecule has 1 unspecified atom stereocenters. The molecule has 0 bridgehead atoms. The summed E-state index contributed by atoms with van der Waals surface area (Å²) in [6, 6.07) is 6.27. The Kier molecular flexibility index (Phi) is 4.72. The Hall–Kier alpha value is -1.56. The first kappa shape index (κ1) is 14.5. The molecule has 0 fully saturated rings. The first-order valence-electron chi connectivity index (χ1n) is 5.45. The van der Waals surface area contributed by atoms with Gasteiger partial charge in [0.2, 0.25) is 0 Å². The van der Waals surface area contributed by atoms with Crippen LogP contribution >= 0.6 is 0 Å². The zero-order valence-electron chi connectivity index (χ0n) is 10.6. The van der Waals surface area contributed by atoms with E-state index in [2.05, 4.69) is 4.72 Å². The van der Waals surface area contributed by atoms with Crippen molar-refractivity contribution in [2.45, 2.75) is 27.2 Å². The van der Waals surface area contributed by atoms with Gasteiger partial charge in [0.05, 0.1) is 12.1 Å². The molecule has 1 atom stereocenters. The molecule has 0 amide bonds. The third-order valence-corrected chi connectivity index (χ3v) is 2.66. The SMILES string of the molecule is CC(C)(C)CC(=O)OS(=O)Nc1ccccc1O. The number of nitrogens with one attached hydrogen (secondary N) is 1. The molecule has 18 heavy (non-hydrogen) atoms. The van der Waals surface area contributed by atoms with Gasteiger partial charge in [0, 0.05) is 0 Å². The van der Waals surface area contributed by atoms with Gasteiger partial charge in [-0.2, -0.15) is 4.21 Å². The minimum Gasteiger partial charge on any atom is -0.506 e. The molecule has 0 aromatic heterocycles. The smallest absolute Gasteiger partial charge is 0.322 e. The van der Waals surface area contributed by atoms with Crippen LogP contribution in [-0.2, 0) is 20.2 Å². The second-order valence-corrected chi connectivity index (χ2v) is 5.89. The van der Waals surface area contributed by atoms with Crippen LogP contribution in [0.1, 0.15) is 27.2 Å². The Labute approximate surface area is 109 Å². The molecule has 0 aliphatic heterocycles. The molecule has 0 saturated carbocycles. The molecule has 2 N–H and O–H groups in total. The van der Waals surface area contributed by atoms with Crippen LogP contribution in [0.2, 0.25) is 0 Å². The summed E-state index contributed by atoms with van der Waals surface area (Å²) in [5.41, 5.74) is 0.0234. The van der Waals surface area contributed by atoms with Gasteiger partial charge in [0.1, 0.15) is 5.75 Å². The fourth-order valence-corrected chi connectivity index (χ4v) is 1.84. The number of benzene rings is 1. The van der Waals surface area contributed by atoms with Crippen LogP contribution in [0.4, 0.5) is 5.69 Å². The van der Waals surface area contributed by atoms with Gasteiger partial charge in [-0.1, -0.05) is 32.9 Å². The largest absolute Gasteiger partial charge is 0.506 e. The summed E-state index contributed by atoms with van der Waals surface area (Å²) in [5.74, 6) is -0.610. The standard InChI is InChI=1S/C12H17NO4S/c1-12(2,3)8-11(15)17-18(16)13-9-6-4-5-7-10(9)14/h4-7,13-14H,8H2,1-3H3. The molecule has 0 saturated heterocycles. The Balaban J connectivity index is 2.53. The van der Waals surface area contributed by atoms with E-state index in [0.717, 1.165) is 0 Å². The van der Waals surface area contributed by atoms with Crippen LogP contribution < -0.4 is 4.72 Å². The van der Waals surface area contributed by atoms with Crippen molar-refractivity contribution in [2.24, 2.45) is 5.41 Å². The summed E-state index contributed by atoms with van der Waals surface area (Å²) in [6.45, 7) is 5.65. The van der Waals surface area contributed by atoms with Gasteiger partial charge in [-0.15, -0.1) is 0 Å². The fourth-order valence-electron chi connectivity index (χ4n) is 1.22. The van der Waals surface area contributed by atoms with Crippen LogP contribution in [0.15, 0.2) is 24.3 Å². The lowest BCUT2D eigenvalue weighted by Gasteiger charge is -2.16. The number of carbonyl (C=O) groups is 1. The summed E-state index contributed by atoms with van der Waals surface area (Å²) in [6.07, 6.45) is 0.168. The highest BCUT2D eigenvalue weighted by atomic mass is 32.2. The Morgan fingerprint density at radius 2 is 2.00 bits per heavy atom. The van der Waals surface area contributed by atoms with E-state index in [1.807, 2.05) is 20.8 Å². The van der Waals surface area contributed by atoms with Crippen molar-refractivity contribution in [3.63, 3.8) is 0 Å². The van der Waals surface area contributed by atoms with Gasteiger partial charge in [-0.3, -0.25) is 9.52 Å². The molecule has 0 aliphatic rings. The van der Waals surface area contributed by atoms with E-state index in [-0.39, 0.29) is 23.3 Å². The predicted octanol–water partition coefficient (Wildman–Crippen LogP) is 2.36. The van der Waals surface area contributed by atoms with E-state index in [4.69, 9.17) is 4.18 Å². The van der Waals surface area contributed by atoms with Crippen LogP contribution in [0.5, 0.6) is 5.75 Å². The van der Waals surface area contributed by atoms with Gasteiger partial charge in [0.15, 0.2) is 0 Å². The van der Waals surface area contributed by atoms with Crippen LogP contribution in [0.25, 0.3) is 0 Å². The number of aromatic hydroxyl groups is 1. The monoisotopic (exact) mass is 271 g/mol. The number of hydrogen-bond acceptors (Lipinski definition) is 4. The Morgan fingerprint density at radius 1 is 1.39 bits per heavy atom. The second-order valence-electron chi connectivity index (χ2n) is 5.05. The lowest BCUT2D eigenvalue weighted by atomic mass is 9.93. The van der Waals surface area contributed by atoms with E-state index in [1.165, 1.54) is 12.1 Å².